The number of H-pyrrole nitrogens is 1. The molecule has 0 aliphatic heterocycles. The molecule has 0 bridgehead atoms. The number of ether oxygens (including phenoxy) is 1. The molecule has 2 aromatic heterocycles. The summed E-state index contributed by atoms with van der Waals surface area (Å²) in [6.07, 6.45) is -0.0431. The summed E-state index contributed by atoms with van der Waals surface area (Å²) in [7, 11) is 1.31. The van der Waals surface area contributed by atoms with Crippen LogP contribution in [0.15, 0.2) is 28.4 Å². The molecule has 118 valence electrons. The van der Waals surface area contributed by atoms with Gasteiger partial charge in [-0.05, 0) is 30.5 Å². The van der Waals surface area contributed by atoms with Crippen LogP contribution in [0.2, 0.25) is 0 Å². The van der Waals surface area contributed by atoms with Gasteiger partial charge in [-0.25, -0.2) is 4.98 Å². The number of thiophene rings is 1. The van der Waals surface area contributed by atoms with Crippen molar-refractivity contribution in [3.05, 3.63) is 50.9 Å². The first-order valence-electron chi connectivity index (χ1n) is 7.14. The van der Waals surface area contributed by atoms with Crippen molar-refractivity contribution >= 4 is 27.5 Å². The number of aryl methyl sites for hydroxylation is 2. The van der Waals surface area contributed by atoms with E-state index in [1.54, 1.807) is 0 Å². The quantitative estimate of drug-likeness (QED) is 0.750. The Labute approximate surface area is 137 Å². The predicted octanol–water partition coefficient (Wildman–Crippen LogP) is 2.98. The molecule has 0 aliphatic rings. The van der Waals surface area contributed by atoms with E-state index in [0.717, 1.165) is 11.1 Å². The van der Waals surface area contributed by atoms with Crippen LogP contribution in [-0.4, -0.2) is 23.0 Å². The molecule has 2 heterocycles. The summed E-state index contributed by atoms with van der Waals surface area (Å²) >= 11 is 1.40. The number of hydrogen-bond acceptors (Lipinski definition) is 5. The Kier molecular flexibility index (Phi) is 4.00. The third-order valence-corrected chi connectivity index (χ3v) is 4.72. The number of carbonyl (C=O) groups is 1. The molecule has 1 N–H and O–H groups in total. The van der Waals surface area contributed by atoms with Gasteiger partial charge in [0.25, 0.3) is 5.56 Å². The van der Waals surface area contributed by atoms with Crippen molar-refractivity contribution in [3.63, 3.8) is 0 Å². The Morgan fingerprint density at radius 1 is 1.30 bits per heavy atom. The van der Waals surface area contributed by atoms with Gasteiger partial charge in [0.2, 0.25) is 0 Å². The van der Waals surface area contributed by atoms with Gasteiger partial charge in [0.15, 0.2) is 0 Å². The monoisotopic (exact) mass is 328 g/mol. The summed E-state index contributed by atoms with van der Waals surface area (Å²) in [6.45, 7) is 4.10. The lowest BCUT2D eigenvalue weighted by molar-refractivity contribution is -0.139. The highest BCUT2D eigenvalue weighted by Gasteiger charge is 2.14. The summed E-state index contributed by atoms with van der Waals surface area (Å²) in [6, 6.07) is 6.12. The SMILES string of the molecule is COC(=O)Cc1nc2scc(-c3ccc(C)c(C)c3)c2c(=O)[nH]1. The molecule has 1 aromatic carbocycles. The van der Waals surface area contributed by atoms with Crippen LogP contribution in [0, 0.1) is 13.8 Å². The fourth-order valence-corrected chi connectivity index (χ4v) is 3.37. The minimum atomic E-state index is -0.432. The Morgan fingerprint density at radius 2 is 2.09 bits per heavy atom. The molecule has 0 saturated heterocycles. The van der Waals surface area contributed by atoms with E-state index in [0.29, 0.717) is 16.0 Å². The third-order valence-electron chi connectivity index (χ3n) is 3.85. The number of benzene rings is 1. The van der Waals surface area contributed by atoms with Crippen LogP contribution < -0.4 is 5.56 Å². The van der Waals surface area contributed by atoms with Crippen LogP contribution in [0.25, 0.3) is 21.3 Å². The van der Waals surface area contributed by atoms with Gasteiger partial charge in [0, 0.05) is 10.9 Å². The number of aromatic nitrogens is 2. The van der Waals surface area contributed by atoms with Gasteiger partial charge in [-0.3, -0.25) is 9.59 Å². The van der Waals surface area contributed by atoms with Crippen LogP contribution >= 0.6 is 11.3 Å². The van der Waals surface area contributed by atoms with Crippen LogP contribution in [-0.2, 0) is 16.0 Å². The molecule has 0 amide bonds. The van der Waals surface area contributed by atoms with E-state index >= 15 is 0 Å². The largest absolute Gasteiger partial charge is 0.469 e. The molecule has 3 rings (SSSR count). The van der Waals surface area contributed by atoms with Gasteiger partial charge in [-0.15, -0.1) is 11.3 Å². The Hall–Kier alpha value is -2.47. The van der Waals surface area contributed by atoms with Gasteiger partial charge in [0.1, 0.15) is 17.1 Å². The smallest absolute Gasteiger partial charge is 0.313 e. The fraction of sp³-hybridized carbons (Fsp3) is 0.235. The fourth-order valence-electron chi connectivity index (χ4n) is 2.41. The molecular weight excluding hydrogens is 312 g/mol. The van der Waals surface area contributed by atoms with Crippen molar-refractivity contribution in [3.8, 4) is 11.1 Å². The van der Waals surface area contributed by atoms with Crippen LogP contribution in [0.4, 0.5) is 0 Å². The highest BCUT2D eigenvalue weighted by molar-refractivity contribution is 7.17. The number of rotatable bonds is 3. The highest BCUT2D eigenvalue weighted by Crippen LogP contribution is 2.31. The maximum Gasteiger partial charge on any atom is 0.313 e. The first kappa shape index (κ1) is 15.4. The summed E-state index contributed by atoms with van der Waals surface area (Å²) in [4.78, 5) is 31.5. The predicted molar refractivity (Wildman–Crippen MR) is 90.9 cm³/mol. The number of fused-ring (bicyclic) bond motifs is 1. The Balaban J connectivity index is 2.12. The number of hydrogen-bond donors (Lipinski definition) is 1. The van der Waals surface area contributed by atoms with Crippen LogP contribution in [0.1, 0.15) is 17.0 Å². The summed E-state index contributed by atoms with van der Waals surface area (Å²) in [5, 5.41) is 2.49. The molecule has 0 unspecified atom stereocenters. The molecule has 0 saturated carbocycles. The Morgan fingerprint density at radius 3 is 2.78 bits per heavy atom. The average Bonchev–Trinajstić information content (AvgIpc) is 2.94. The second-order valence-electron chi connectivity index (χ2n) is 5.39. The molecule has 0 radical (unpaired) electrons. The van der Waals surface area contributed by atoms with E-state index in [-0.39, 0.29) is 12.0 Å². The number of aromatic amines is 1. The van der Waals surface area contributed by atoms with Crippen LogP contribution in [0.5, 0.6) is 0 Å². The minimum Gasteiger partial charge on any atom is -0.469 e. The van der Waals surface area contributed by atoms with E-state index in [9.17, 15) is 9.59 Å². The summed E-state index contributed by atoms with van der Waals surface area (Å²) in [5.74, 6) is -0.110. The van der Waals surface area contributed by atoms with Crippen molar-refractivity contribution in [1.29, 1.82) is 0 Å². The van der Waals surface area contributed by atoms with Gasteiger partial charge >= 0.3 is 5.97 Å². The Bertz CT molecular complexity index is 956. The van der Waals surface area contributed by atoms with Crippen molar-refractivity contribution in [2.75, 3.05) is 7.11 Å². The van der Waals surface area contributed by atoms with Gasteiger partial charge in [-0.2, -0.15) is 0 Å². The summed E-state index contributed by atoms with van der Waals surface area (Å²) in [5.41, 5.74) is 4.01. The number of carbonyl (C=O) groups excluding carboxylic acids is 1. The highest BCUT2D eigenvalue weighted by atomic mass is 32.1. The summed E-state index contributed by atoms with van der Waals surface area (Å²) < 4.78 is 4.61. The van der Waals surface area contributed by atoms with Gasteiger partial charge in [0.05, 0.1) is 12.5 Å². The molecule has 0 spiro atoms. The maximum atomic E-state index is 12.4. The van der Waals surface area contributed by atoms with Crippen molar-refractivity contribution in [2.45, 2.75) is 20.3 Å². The molecule has 6 heteroatoms. The normalized spacial score (nSPS) is 10.9. The molecule has 0 aliphatic carbocycles. The third kappa shape index (κ3) is 2.90. The zero-order valence-electron chi connectivity index (χ0n) is 13.1. The molecule has 3 aromatic rings. The number of nitrogens with one attached hydrogen (secondary N) is 1. The standard InChI is InChI=1S/C17H16N2O3S/c1-9-4-5-11(6-10(9)2)12-8-23-17-15(12)16(21)18-13(19-17)7-14(20)22-3/h4-6,8H,7H2,1-3H3,(H,18,19,21). The van der Waals surface area contributed by atoms with E-state index < -0.39 is 5.97 Å². The lowest BCUT2D eigenvalue weighted by Crippen LogP contribution is -2.15. The number of methoxy groups -OCH3 is 1. The second-order valence-corrected chi connectivity index (χ2v) is 6.25. The number of nitrogens with zero attached hydrogens (tertiary/aromatic N) is 1. The first-order valence-corrected chi connectivity index (χ1v) is 8.02. The molecule has 23 heavy (non-hydrogen) atoms. The van der Waals surface area contributed by atoms with Gasteiger partial charge in [-0.1, -0.05) is 18.2 Å². The van der Waals surface area contributed by atoms with E-state index in [1.807, 2.05) is 24.4 Å². The van der Waals surface area contributed by atoms with Crippen molar-refractivity contribution < 1.29 is 9.53 Å². The molecule has 0 fully saturated rings. The van der Waals surface area contributed by atoms with E-state index in [1.165, 1.54) is 29.6 Å². The lowest BCUT2D eigenvalue weighted by atomic mass is 10.0. The van der Waals surface area contributed by atoms with Crippen molar-refractivity contribution in [2.24, 2.45) is 0 Å². The average molecular weight is 328 g/mol. The molecule has 0 atom stereocenters. The number of esters is 1. The van der Waals surface area contributed by atoms with Gasteiger partial charge < -0.3 is 9.72 Å². The molecule has 5 nitrogen and oxygen atoms in total. The topological polar surface area (TPSA) is 72.0 Å². The van der Waals surface area contributed by atoms with Crippen molar-refractivity contribution in [1.82, 2.24) is 9.97 Å². The lowest BCUT2D eigenvalue weighted by Gasteiger charge is -2.04. The van der Waals surface area contributed by atoms with Crippen LogP contribution in [0.3, 0.4) is 0 Å². The maximum absolute atomic E-state index is 12.4. The second kappa shape index (κ2) is 5.96. The zero-order valence-corrected chi connectivity index (χ0v) is 13.9. The zero-order chi connectivity index (χ0) is 16.6. The molecular formula is C17H16N2O3S. The first-order chi connectivity index (χ1) is 11.0. The van der Waals surface area contributed by atoms with E-state index in [4.69, 9.17) is 0 Å². The van der Waals surface area contributed by atoms with E-state index in [2.05, 4.69) is 27.7 Å². The minimum absolute atomic E-state index is 0.0431.